The molecule has 0 spiro atoms. The zero-order chi connectivity index (χ0) is 20.6. The Bertz CT molecular complexity index is 1160. The first-order valence-corrected chi connectivity index (χ1v) is 10.0. The van der Waals surface area contributed by atoms with Crippen LogP contribution in [0.25, 0.3) is 10.8 Å². The van der Waals surface area contributed by atoms with Gasteiger partial charge in [-0.05, 0) is 76.6 Å². The third kappa shape index (κ3) is 5.43. The average molecular weight is 412 g/mol. The van der Waals surface area contributed by atoms with Crippen molar-refractivity contribution in [2.45, 2.75) is 6.61 Å². The molecule has 4 rings (SSSR count). The minimum atomic E-state index is 0.438. The number of nitrogens with zero attached hydrogens (tertiary/aromatic N) is 1. The molecule has 4 nitrogen and oxygen atoms in total. The number of para-hydroxylation sites is 1. The summed E-state index contributed by atoms with van der Waals surface area (Å²) >= 11 is 5.23. The fraction of sp³-hybridized carbons (Fsp3) is 0.0400. The van der Waals surface area contributed by atoms with Gasteiger partial charge in [-0.1, -0.05) is 54.6 Å². The van der Waals surface area contributed by atoms with Gasteiger partial charge in [-0.2, -0.15) is 5.10 Å². The van der Waals surface area contributed by atoms with Gasteiger partial charge in [-0.15, -0.1) is 0 Å². The standard InChI is InChI=1S/C25H21N3OS/c30-25(27-23-8-2-1-3-9-23)28-26-17-19-11-14-24(15-12-19)29-18-20-10-13-21-6-4-5-7-22(21)16-20/h1-17H,18H2,(H2,27,28,30)/b26-17-. The van der Waals surface area contributed by atoms with Crippen LogP contribution in [0.1, 0.15) is 11.1 Å². The summed E-state index contributed by atoms with van der Waals surface area (Å²) in [6.45, 7) is 0.527. The van der Waals surface area contributed by atoms with E-state index in [2.05, 4.69) is 46.2 Å². The number of nitrogens with one attached hydrogen (secondary N) is 2. The molecule has 0 fully saturated rings. The molecule has 0 aliphatic rings. The minimum absolute atomic E-state index is 0.438. The smallest absolute Gasteiger partial charge is 0.191 e. The molecule has 4 aromatic rings. The van der Waals surface area contributed by atoms with Gasteiger partial charge in [0.25, 0.3) is 0 Å². The van der Waals surface area contributed by atoms with E-state index in [0.29, 0.717) is 11.7 Å². The normalized spacial score (nSPS) is 10.8. The summed E-state index contributed by atoms with van der Waals surface area (Å²) in [5.74, 6) is 0.814. The first-order valence-electron chi connectivity index (χ1n) is 9.62. The molecule has 4 aromatic carbocycles. The number of hydrazone groups is 1. The van der Waals surface area contributed by atoms with Crippen molar-refractivity contribution in [3.05, 3.63) is 108 Å². The van der Waals surface area contributed by atoms with Crippen molar-refractivity contribution in [1.29, 1.82) is 0 Å². The number of hydrogen-bond acceptors (Lipinski definition) is 3. The zero-order valence-corrected chi connectivity index (χ0v) is 17.1. The third-order valence-electron chi connectivity index (χ3n) is 4.51. The molecule has 148 valence electrons. The second-order valence-corrected chi connectivity index (χ2v) is 7.14. The molecule has 0 unspecified atom stereocenters. The van der Waals surface area contributed by atoms with Crippen molar-refractivity contribution in [3.8, 4) is 5.75 Å². The second-order valence-electron chi connectivity index (χ2n) is 6.73. The quantitative estimate of drug-likeness (QED) is 0.241. The highest BCUT2D eigenvalue weighted by Gasteiger charge is 1.99. The van der Waals surface area contributed by atoms with E-state index in [1.54, 1.807) is 6.21 Å². The van der Waals surface area contributed by atoms with Crippen molar-refractivity contribution >= 4 is 40.0 Å². The molecule has 0 bridgehead atoms. The van der Waals surface area contributed by atoms with E-state index >= 15 is 0 Å². The predicted molar refractivity (Wildman–Crippen MR) is 128 cm³/mol. The van der Waals surface area contributed by atoms with Gasteiger partial charge in [0.1, 0.15) is 12.4 Å². The summed E-state index contributed by atoms with van der Waals surface area (Å²) < 4.78 is 5.91. The predicted octanol–water partition coefficient (Wildman–Crippen LogP) is 5.74. The molecule has 0 amide bonds. The fourth-order valence-electron chi connectivity index (χ4n) is 2.99. The van der Waals surface area contributed by atoms with Crippen LogP contribution in [0, 0.1) is 0 Å². The first kappa shape index (κ1) is 19.6. The van der Waals surface area contributed by atoms with Gasteiger partial charge in [0.2, 0.25) is 0 Å². The summed E-state index contributed by atoms with van der Waals surface area (Å²) in [4.78, 5) is 0. The van der Waals surface area contributed by atoms with Crippen LogP contribution in [0.2, 0.25) is 0 Å². The first-order chi connectivity index (χ1) is 14.8. The number of thiocarbonyl (C=S) groups is 1. The summed E-state index contributed by atoms with van der Waals surface area (Å²) in [7, 11) is 0. The number of fused-ring (bicyclic) bond motifs is 1. The van der Waals surface area contributed by atoms with E-state index in [1.165, 1.54) is 10.8 Å². The molecule has 0 saturated carbocycles. The maximum Gasteiger partial charge on any atom is 0.191 e. The van der Waals surface area contributed by atoms with Gasteiger partial charge in [0.05, 0.1) is 6.21 Å². The molecule has 0 atom stereocenters. The molecule has 0 saturated heterocycles. The Labute approximate surface area is 181 Å². The van der Waals surface area contributed by atoms with Gasteiger partial charge < -0.3 is 10.1 Å². The monoisotopic (exact) mass is 411 g/mol. The summed E-state index contributed by atoms with van der Waals surface area (Å²) in [5, 5.41) is 10.1. The molecule has 30 heavy (non-hydrogen) atoms. The van der Waals surface area contributed by atoms with E-state index in [4.69, 9.17) is 17.0 Å². The Morgan fingerprint density at radius 3 is 2.37 bits per heavy atom. The van der Waals surface area contributed by atoms with Gasteiger partial charge in [0.15, 0.2) is 5.11 Å². The van der Waals surface area contributed by atoms with E-state index < -0.39 is 0 Å². The lowest BCUT2D eigenvalue weighted by Gasteiger charge is -2.08. The van der Waals surface area contributed by atoms with Crippen molar-refractivity contribution in [2.75, 3.05) is 5.32 Å². The molecule has 0 aromatic heterocycles. The number of hydrogen-bond donors (Lipinski definition) is 2. The molecule has 5 heteroatoms. The lowest BCUT2D eigenvalue weighted by molar-refractivity contribution is 0.306. The summed E-state index contributed by atoms with van der Waals surface area (Å²) in [5.41, 5.74) is 5.82. The molecule has 2 N–H and O–H groups in total. The van der Waals surface area contributed by atoms with Crippen molar-refractivity contribution < 1.29 is 4.74 Å². The van der Waals surface area contributed by atoms with Crippen LogP contribution in [-0.4, -0.2) is 11.3 Å². The molecule has 0 aliphatic carbocycles. The van der Waals surface area contributed by atoms with Crippen LogP contribution in [0.3, 0.4) is 0 Å². The molecular weight excluding hydrogens is 390 g/mol. The van der Waals surface area contributed by atoms with Crippen LogP contribution < -0.4 is 15.5 Å². The molecule has 0 heterocycles. The number of anilines is 1. The van der Waals surface area contributed by atoms with Crippen molar-refractivity contribution in [2.24, 2.45) is 5.10 Å². The second kappa shape index (κ2) is 9.67. The lowest BCUT2D eigenvalue weighted by Crippen LogP contribution is -2.23. The van der Waals surface area contributed by atoms with E-state index in [0.717, 1.165) is 22.6 Å². The Morgan fingerprint density at radius 2 is 1.57 bits per heavy atom. The highest BCUT2D eigenvalue weighted by molar-refractivity contribution is 7.80. The van der Waals surface area contributed by atoms with Gasteiger partial charge in [-0.25, -0.2) is 0 Å². The Hall–Kier alpha value is -3.70. The van der Waals surface area contributed by atoms with Crippen LogP contribution in [-0.2, 0) is 6.61 Å². The zero-order valence-electron chi connectivity index (χ0n) is 16.3. The van der Waals surface area contributed by atoms with E-state index in [-0.39, 0.29) is 0 Å². The van der Waals surface area contributed by atoms with Crippen LogP contribution >= 0.6 is 12.2 Å². The third-order valence-corrected chi connectivity index (χ3v) is 4.70. The van der Waals surface area contributed by atoms with E-state index in [9.17, 15) is 0 Å². The number of ether oxygens (including phenoxy) is 1. The molecule has 0 aliphatic heterocycles. The number of benzene rings is 4. The average Bonchev–Trinajstić information content (AvgIpc) is 2.79. The minimum Gasteiger partial charge on any atom is -0.489 e. The highest BCUT2D eigenvalue weighted by Crippen LogP contribution is 2.18. The SMILES string of the molecule is S=C(N/N=C\c1ccc(OCc2ccc3ccccc3c2)cc1)Nc1ccccc1. The largest absolute Gasteiger partial charge is 0.489 e. The van der Waals surface area contributed by atoms with Crippen LogP contribution in [0.15, 0.2) is 102 Å². The van der Waals surface area contributed by atoms with Gasteiger partial charge in [-0.3, -0.25) is 5.43 Å². The van der Waals surface area contributed by atoms with Crippen molar-refractivity contribution in [3.63, 3.8) is 0 Å². The Balaban J connectivity index is 1.28. The maximum atomic E-state index is 5.91. The van der Waals surface area contributed by atoms with E-state index in [1.807, 2.05) is 66.7 Å². The lowest BCUT2D eigenvalue weighted by atomic mass is 10.1. The van der Waals surface area contributed by atoms with Gasteiger partial charge >= 0.3 is 0 Å². The molecule has 0 radical (unpaired) electrons. The molecular formula is C25H21N3OS. The summed E-state index contributed by atoms with van der Waals surface area (Å²) in [6, 6.07) is 32.2. The van der Waals surface area contributed by atoms with Crippen LogP contribution in [0.4, 0.5) is 5.69 Å². The van der Waals surface area contributed by atoms with Gasteiger partial charge in [0, 0.05) is 5.69 Å². The topological polar surface area (TPSA) is 45.7 Å². The summed E-state index contributed by atoms with van der Waals surface area (Å²) in [6.07, 6.45) is 1.71. The maximum absolute atomic E-state index is 5.91. The number of rotatable bonds is 6. The van der Waals surface area contributed by atoms with Crippen molar-refractivity contribution in [1.82, 2.24) is 5.43 Å². The fourth-order valence-corrected chi connectivity index (χ4v) is 3.16. The van der Waals surface area contributed by atoms with Crippen LogP contribution in [0.5, 0.6) is 5.75 Å². The Kier molecular flexibility index (Phi) is 6.32. The Morgan fingerprint density at radius 1 is 0.833 bits per heavy atom. The highest BCUT2D eigenvalue weighted by atomic mass is 32.1.